The van der Waals surface area contributed by atoms with E-state index in [9.17, 15) is 14.3 Å². The van der Waals surface area contributed by atoms with Crippen LogP contribution in [0, 0.1) is 5.82 Å². The van der Waals surface area contributed by atoms with Crippen molar-refractivity contribution in [2.24, 2.45) is 5.73 Å². The van der Waals surface area contributed by atoms with E-state index >= 15 is 0 Å². The van der Waals surface area contributed by atoms with Gasteiger partial charge in [0.25, 0.3) is 5.91 Å². The van der Waals surface area contributed by atoms with Crippen LogP contribution in [-0.4, -0.2) is 56.6 Å². The molecule has 158 valence electrons. The number of nitrogens with two attached hydrogens (primary N) is 1. The number of rotatable bonds is 7. The van der Waals surface area contributed by atoms with E-state index in [2.05, 4.69) is 10.1 Å². The lowest BCUT2D eigenvalue weighted by Gasteiger charge is -2.26. The zero-order valence-electron chi connectivity index (χ0n) is 16.1. The molecule has 0 spiro atoms. The summed E-state index contributed by atoms with van der Waals surface area (Å²) in [4.78, 5) is 18.2. The third-order valence-electron chi connectivity index (χ3n) is 5.10. The second-order valence-corrected chi connectivity index (χ2v) is 7.20. The Morgan fingerprint density at radius 3 is 3.00 bits per heavy atom. The van der Waals surface area contributed by atoms with Crippen LogP contribution >= 0.6 is 0 Å². The maximum absolute atomic E-state index is 14.2. The van der Waals surface area contributed by atoms with Gasteiger partial charge in [-0.15, -0.1) is 0 Å². The van der Waals surface area contributed by atoms with E-state index in [1.807, 2.05) is 4.90 Å². The minimum absolute atomic E-state index is 0.136. The lowest BCUT2D eigenvalue weighted by atomic mass is 10.0. The van der Waals surface area contributed by atoms with Crippen molar-refractivity contribution in [3.8, 4) is 5.75 Å². The molecule has 4 rings (SSSR count). The van der Waals surface area contributed by atoms with Crippen LogP contribution in [0.5, 0.6) is 5.75 Å². The normalized spacial score (nSPS) is 17.4. The molecule has 0 saturated carbocycles. The summed E-state index contributed by atoms with van der Waals surface area (Å²) >= 11 is 0. The van der Waals surface area contributed by atoms with Gasteiger partial charge in [-0.2, -0.15) is 5.10 Å². The molecule has 2 atom stereocenters. The number of aliphatic hydroxyl groups is 2. The summed E-state index contributed by atoms with van der Waals surface area (Å²) in [5, 5.41) is 22.5. The van der Waals surface area contributed by atoms with E-state index < -0.39 is 24.4 Å². The summed E-state index contributed by atoms with van der Waals surface area (Å²) in [5.41, 5.74) is 6.72. The third kappa shape index (κ3) is 3.91. The van der Waals surface area contributed by atoms with Crippen LogP contribution in [0.25, 0.3) is 5.65 Å². The predicted molar refractivity (Wildman–Crippen MR) is 106 cm³/mol. The first-order valence-corrected chi connectivity index (χ1v) is 9.59. The Hall–Kier alpha value is -3.24. The molecule has 3 aromatic rings. The lowest BCUT2D eigenvalue weighted by Crippen LogP contribution is -2.24. The van der Waals surface area contributed by atoms with Crippen LogP contribution in [0.3, 0.4) is 0 Å². The highest BCUT2D eigenvalue weighted by Crippen LogP contribution is 2.37. The van der Waals surface area contributed by atoms with Crippen molar-refractivity contribution in [3.05, 3.63) is 53.6 Å². The topological polar surface area (TPSA) is 126 Å². The Labute approximate surface area is 171 Å². The molecular weight excluding hydrogens is 393 g/mol. The Bertz CT molecular complexity index is 1070. The standard InChI is InChI=1S/C20H22FN5O4/c21-13-6-12(7-15(8-13)30-11-14(28)10-27)17-2-1-4-25(17)18-3-5-26-20(24-18)16(9-23-26)19(22)29/h3,5-9,14,17,27-28H,1-2,4,10-11H2,(H2,22,29). The van der Waals surface area contributed by atoms with Crippen molar-refractivity contribution in [2.75, 3.05) is 24.7 Å². The molecule has 2 aromatic heterocycles. The largest absolute Gasteiger partial charge is 0.491 e. The number of halogens is 1. The van der Waals surface area contributed by atoms with Crippen molar-refractivity contribution < 1.29 is 24.1 Å². The number of carbonyl (C=O) groups excluding carboxylic acids is 1. The van der Waals surface area contributed by atoms with Gasteiger partial charge in [0.2, 0.25) is 0 Å². The molecule has 9 nitrogen and oxygen atoms in total. The molecule has 4 N–H and O–H groups in total. The number of nitrogens with zero attached hydrogens (tertiary/aromatic N) is 4. The molecule has 1 aliphatic heterocycles. The third-order valence-corrected chi connectivity index (χ3v) is 5.10. The quantitative estimate of drug-likeness (QED) is 0.526. The Morgan fingerprint density at radius 2 is 2.23 bits per heavy atom. The molecule has 2 unspecified atom stereocenters. The van der Waals surface area contributed by atoms with E-state index in [0.717, 1.165) is 12.8 Å². The fraction of sp³-hybridized carbons (Fsp3) is 0.350. The van der Waals surface area contributed by atoms with Gasteiger partial charge < -0.3 is 25.6 Å². The van der Waals surface area contributed by atoms with Gasteiger partial charge in [0.15, 0.2) is 5.65 Å². The second kappa shape index (κ2) is 8.25. The van der Waals surface area contributed by atoms with Gasteiger partial charge in [-0.3, -0.25) is 4.79 Å². The van der Waals surface area contributed by atoms with E-state index in [-0.39, 0.29) is 24.0 Å². The van der Waals surface area contributed by atoms with Crippen molar-refractivity contribution in [3.63, 3.8) is 0 Å². The fourth-order valence-corrected chi connectivity index (χ4v) is 3.69. The van der Waals surface area contributed by atoms with Gasteiger partial charge in [-0.25, -0.2) is 13.9 Å². The van der Waals surface area contributed by atoms with Crippen molar-refractivity contribution in [2.45, 2.75) is 25.0 Å². The molecule has 1 aromatic carbocycles. The zero-order chi connectivity index (χ0) is 21.3. The molecule has 0 bridgehead atoms. The highest BCUT2D eigenvalue weighted by atomic mass is 19.1. The molecule has 1 amide bonds. The Balaban J connectivity index is 1.64. The molecule has 3 heterocycles. The Kier molecular flexibility index (Phi) is 5.51. The number of hydrogen-bond acceptors (Lipinski definition) is 7. The number of benzene rings is 1. The van der Waals surface area contributed by atoms with E-state index in [1.165, 1.54) is 22.8 Å². The first kappa shape index (κ1) is 20.0. The molecule has 30 heavy (non-hydrogen) atoms. The molecule has 1 aliphatic rings. The Morgan fingerprint density at radius 1 is 1.40 bits per heavy atom. The highest BCUT2D eigenvalue weighted by Gasteiger charge is 2.28. The molecular formula is C20H22FN5O4. The number of ether oxygens (including phenoxy) is 1. The lowest BCUT2D eigenvalue weighted by molar-refractivity contribution is 0.0535. The second-order valence-electron chi connectivity index (χ2n) is 7.20. The SMILES string of the molecule is NC(=O)c1cnn2ccc(N3CCCC3c3cc(F)cc(OCC(O)CO)c3)nc12. The molecule has 1 saturated heterocycles. The minimum Gasteiger partial charge on any atom is -0.491 e. The summed E-state index contributed by atoms with van der Waals surface area (Å²) in [6, 6.07) is 6.06. The smallest absolute Gasteiger partial charge is 0.254 e. The fourth-order valence-electron chi connectivity index (χ4n) is 3.69. The molecule has 0 radical (unpaired) electrons. The summed E-state index contributed by atoms with van der Waals surface area (Å²) in [7, 11) is 0. The van der Waals surface area contributed by atoms with Crippen molar-refractivity contribution >= 4 is 17.4 Å². The van der Waals surface area contributed by atoms with Crippen molar-refractivity contribution in [1.29, 1.82) is 0 Å². The van der Waals surface area contributed by atoms with Crippen LogP contribution in [0.1, 0.15) is 34.8 Å². The molecule has 0 aliphatic carbocycles. The van der Waals surface area contributed by atoms with Crippen LogP contribution < -0.4 is 15.4 Å². The number of anilines is 1. The summed E-state index contributed by atoms with van der Waals surface area (Å²) in [6.45, 7) is 0.140. The van der Waals surface area contributed by atoms with Gasteiger partial charge in [0.05, 0.1) is 18.8 Å². The first-order valence-electron chi connectivity index (χ1n) is 9.59. The monoisotopic (exact) mass is 415 g/mol. The average molecular weight is 415 g/mol. The zero-order valence-corrected chi connectivity index (χ0v) is 16.1. The van der Waals surface area contributed by atoms with Gasteiger partial charge in [-0.05, 0) is 36.6 Å². The first-order chi connectivity index (χ1) is 14.5. The maximum atomic E-state index is 14.2. The summed E-state index contributed by atoms with van der Waals surface area (Å²) in [5.74, 6) is -0.150. The van der Waals surface area contributed by atoms with Gasteiger partial charge in [0.1, 0.15) is 35.7 Å². The van der Waals surface area contributed by atoms with Gasteiger partial charge in [0, 0.05) is 18.8 Å². The minimum atomic E-state index is -1.04. The highest BCUT2D eigenvalue weighted by molar-refractivity contribution is 5.98. The van der Waals surface area contributed by atoms with Crippen LogP contribution in [0.4, 0.5) is 10.2 Å². The number of amides is 1. The average Bonchev–Trinajstić information content (AvgIpc) is 3.38. The van der Waals surface area contributed by atoms with Crippen LogP contribution in [0.2, 0.25) is 0 Å². The summed E-state index contributed by atoms with van der Waals surface area (Å²) < 4.78 is 21.1. The maximum Gasteiger partial charge on any atom is 0.254 e. The van der Waals surface area contributed by atoms with Gasteiger partial charge in [-0.1, -0.05) is 0 Å². The number of primary amides is 1. The number of aliphatic hydroxyl groups excluding tert-OH is 2. The molecule has 10 heteroatoms. The predicted octanol–water partition coefficient (Wildman–Crippen LogP) is 1.04. The van der Waals surface area contributed by atoms with E-state index in [1.54, 1.807) is 18.3 Å². The number of fused-ring (bicyclic) bond motifs is 1. The number of aromatic nitrogens is 3. The van der Waals surface area contributed by atoms with Crippen LogP contribution in [0.15, 0.2) is 36.7 Å². The number of carbonyl (C=O) groups is 1. The van der Waals surface area contributed by atoms with E-state index in [0.29, 0.717) is 23.6 Å². The van der Waals surface area contributed by atoms with Gasteiger partial charge >= 0.3 is 0 Å². The number of hydrogen-bond donors (Lipinski definition) is 3. The van der Waals surface area contributed by atoms with Crippen molar-refractivity contribution in [1.82, 2.24) is 14.6 Å². The molecule has 1 fully saturated rings. The van der Waals surface area contributed by atoms with Crippen LogP contribution in [-0.2, 0) is 0 Å². The van der Waals surface area contributed by atoms with E-state index in [4.69, 9.17) is 15.6 Å². The summed E-state index contributed by atoms with van der Waals surface area (Å²) in [6.07, 6.45) is 3.72.